The number of ether oxygens (including phenoxy) is 1. The standard InChI is InChI=1S/C11H16N2O2/c1-3-10-8(6-15-11(10)14)4-9-5-12-7-13(9)2/h5,7-8,10H,3-4,6H2,1-2H3/t8-,10-/m0/s1/i4D2,6D2,10D. The van der Waals surface area contributed by atoms with Gasteiger partial charge >= 0.3 is 5.97 Å². The van der Waals surface area contributed by atoms with Crippen LogP contribution in [0.5, 0.6) is 0 Å². The third kappa shape index (κ3) is 1.89. The molecule has 0 bridgehead atoms. The van der Waals surface area contributed by atoms with E-state index in [0.29, 0.717) is 0 Å². The van der Waals surface area contributed by atoms with Crippen LogP contribution >= 0.6 is 0 Å². The summed E-state index contributed by atoms with van der Waals surface area (Å²) in [6, 6.07) is 0. The fourth-order valence-electron chi connectivity index (χ4n) is 1.48. The Kier molecular flexibility index (Phi) is 1.53. The Morgan fingerprint density at radius 2 is 2.73 bits per heavy atom. The molecule has 2 rings (SSSR count). The molecular weight excluding hydrogens is 192 g/mol. The van der Waals surface area contributed by atoms with E-state index >= 15 is 0 Å². The van der Waals surface area contributed by atoms with Gasteiger partial charge in [0.1, 0.15) is 0 Å². The van der Waals surface area contributed by atoms with Crippen LogP contribution in [0.25, 0.3) is 0 Å². The lowest BCUT2D eigenvalue weighted by Gasteiger charge is -2.12. The Hall–Kier alpha value is -1.32. The zero-order chi connectivity index (χ0) is 15.3. The highest BCUT2D eigenvalue weighted by Gasteiger charge is 2.35. The maximum Gasteiger partial charge on any atom is 0.309 e. The van der Waals surface area contributed by atoms with Gasteiger partial charge in [-0.15, -0.1) is 0 Å². The van der Waals surface area contributed by atoms with Crippen LogP contribution in [0.15, 0.2) is 12.5 Å². The molecule has 15 heavy (non-hydrogen) atoms. The van der Waals surface area contributed by atoms with Crippen LogP contribution in [0.2, 0.25) is 0 Å². The summed E-state index contributed by atoms with van der Waals surface area (Å²) in [6.07, 6.45) is 0.360. The van der Waals surface area contributed by atoms with Crippen LogP contribution in [0, 0.1) is 11.8 Å². The molecule has 0 amide bonds. The van der Waals surface area contributed by atoms with E-state index in [9.17, 15) is 4.79 Å². The van der Waals surface area contributed by atoms with E-state index in [4.69, 9.17) is 6.85 Å². The predicted octanol–water partition coefficient (Wildman–Crippen LogP) is 1.16. The highest BCUT2D eigenvalue weighted by Crippen LogP contribution is 2.27. The third-order valence-electron chi connectivity index (χ3n) is 2.37. The first-order valence-electron chi connectivity index (χ1n) is 7.27. The minimum absolute atomic E-state index is 0.0344. The molecule has 1 aliphatic rings. The van der Waals surface area contributed by atoms with Gasteiger partial charge in [-0.1, -0.05) is 6.92 Å². The van der Waals surface area contributed by atoms with Gasteiger partial charge in [0.2, 0.25) is 0 Å². The summed E-state index contributed by atoms with van der Waals surface area (Å²) < 4.78 is 46.3. The number of cyclic esters (lactones) is 1. The highest BCUT2D eigenvalue weighted by atomic mass is 16.5. The van der Waals surface area contributed by atoms with E-state index in [-0.39, 0.29) is 12.1 Å². The fraction of sp³-hybridized carbons (Fsp3) is 0.636. The minimum Gasteiger partial charge on any atom is -0.465 e. The molecular formula is C11H16N2O2. The van der Waals surface area contributed by atoms with Gasteiger partial charge in [0.25, 0.3) is 0 Å². The molecule has 0 aliphatic carbocycles. The lowest BCUT2D eigenvalue weighted by molar-refractivity contribution is -0.141. The normalized spacial score (nSPS) is 39.7. The van der Waals surface area contributed by atoms with Gasteiger partial charge in [-0.3, -0.25) is 4.79 Å². The molecule has 0 saturated carbocycles. The SMILES string of the molecule is [2H]C1([2H])OC(=O)[C@@]([2H])(CC)[C@H]1C([2H])([2H])c1cncn1C. The van der Waals surface area contributed by atoms with Gasteiger partial charge in [-0.05, 0) is 12.8 Å². The molecule has 0 radical (unpaired) electrons. The first-order chi connectivity index (χ1) is 9.07. The molecule has 2 heterocycles. The topological polar surface area (TPSA) is 44.1 Å². The first-order valence-corrected chi connectivity index (χ1v) is 4.77. The predicted molar refractivity (Wildman–Crippen MR) is 55.1 cm³/mol. The smallest absolute Gasteiger partial charge is 0.309 e. The van der Waals surface area contributed by atoms with Crippen molar-refractivity contribution < 1.29 is 16.4 Å². The quantitative estimate of drug-likeness (QED) is 0.708. The average molecular weight is 213 g/mol. The average Bonchev–Trinajstić information content (AvgIpc) is 2.80. The number of hydrogen-bond donors (Lipinski definition) is 0. The molecule has 4 heteroatoms. The molecule has 1 aromatic rings. The molecule has 1 aliphatic heterocycles. The van der Waals surface area contributed by atoms with Crippen molar-refractivity contribution in [2.45, 2.75) is 19.7 Å². The van der Waals surface area contributed by atoms with Crippen LogP contribution in [0.1, 0.15) is 25.9 Å². The van der Waals surface area contributed by atoms with Gasteiger partial charge in [-0.2, -0.15) is 0 Å². The number of aryl methyl sites for hydroxylation is 1. The summed E-state index contributed by atoms with van der Waals surface area (Å²) in [5.74, 6) is -4.56. The summed E-state index contributed by atoms with van der Waals surface area (Å²) in [6.45, 7) is -0.995. The van der Waals surface area contributed by atoms with E-state index in [2.05, 4.69) is 9.72 Å². The largest absolute Gasteiger partial charge is 0.465 e. The number of rotatable bonds is 3. The van der Waals surface area contributed by atoms with Crippen LogP contribution in [-0.2, 0) is 23.0 Å². The number of aromatic nitrogens is 2. The second-order valence-electron chi connectivity index (χ2n) is 3.35. The molecule has 2 atom stereocenters. The lowest BCUT2D eigenvalue weighted by Crippen LogP contribution is -2.18. The monoisotopic (exact) mass is 213 g/mol. The number of carbonyl (C=O) groups excluding carboxylic acids is 1. The maximum absolute atomic E-state index is 11.8. The van der Waals surface area contributed by atoms with Crippen LogP contribution < -0.4 is 0 Å². The van der Waals surface area contributed by atoms with Crippen molar-refractivity contribution in [1.82, 2.24) is 9.55 Å². The molecule has 1 fully saturated rings. The van der Waals surface area contributed by atoms with Crippen molar-refractivity contribution in [2.24, 2.45) is 18.9 Å². The zero-order valence-electron chi connectivity index (χ0n) is 13.7. The Bertz CT molecular complexity index is 545. The Morgan fingerprint density at radius 3 is 3.33 bits per heavy atom. The van der Waals surface area contributed by atoms with Crippen molar-refractivity contribution in [1.29, 1.82) is 0 Å². The highest BCUT2D eigenvalue weighted by molar-refractivity contribution is 5.74. The Balaban J connectivity index is 2.58. The summed E-state index contributed by atoms with van der Waals surface area (Å²) >= 11 is 0. The number of nitrogens with zero attached hydrogens (tertiary/aromatic N) is 2. The van der Waals surface area contributed by atoms with Gasteiger partial charge < -0.3 is 9.30 Å². The Labute approximate surface area is 96.3 Å². The maximum atomic E-state index is 11.8. The lowest BCUT2D eigenvalue weighted by atomic mass is 9.89. The van der Waals surface area contributed by atoms with Crippen molar-refractivity contribution in [3.8, 4) is 0 Å². The zero-order valence-corrected chi connectivity index (χ0v) is 8.65. The molecule has 1 aromatic heterocycles. The first kappa shape index (κ1) is 5.68. The fourth-order valence-corrected chi connectivity index (χ4v) is 1.48. The molecule has 0 N–H and O–H groups in total. The summed E-state index contributed by atoms with van der Waals surface area (Å²) in [5.41, 5.74) is 0.106. The van der Waals surface area contributed by atoms with Gasteiger partial charge in [0.05, 0.1) is 21.5 Å². The van der Waals surface area contributed by atoms with E-state index in [1.807, 2.05) is 0 Å². The molecule has 0 unspecified atom stereocenters. The van der Waals surface area contributed by atoms with E-state index in [1.54, 1.807) is 14.0 Å². The Morgan fingerprint density at radius 1 is 1.93 bits per heavy atom. The second-order valence-corrected chi connectivity index (χ2v) is 3.35. The van der Waals surface area contributed by atoms with Crippen molar-refractivity contribution in [3.05, 3.63) is 18.2 Å². The van der Waals surface area contributed by atoms with E-state index in [0.717, 1.165) is 0 Å². The summed E-state index contributed by atoms with van der Waals surface area (Å²) in [7, 11) is 1.57. The third-order valence-corrected chi connectivity index (χ3v) is 2.37. The van der Waals surface area contributed by atoms with Crippen molar-refractivity contribution in [2.75, 3.05) is 6.56 Å². The van der Waals surface area contributed by atoms with Crippen molar-refractivity contribution >= 4 is 5.97 Å². The van der Waals surface area contributed by atoms with Crippen LogP contribution in [0.4, 0.5) is 0 Å². The molecule has 82 valence electrons. The number of hydrogen-bond acceptors (Lipinski definition) is 3. The number of esters is 1. The van der Waals surface area contributed by atoms with E-state index < -0.39 is 30.7 Å². The number of carbonyl (C=O) groups is 1. The molecule has 0 aromatic carbocycles. The molecule has 0 spiro atoms. The molecule has 4 nitrogen and oxygen atoms in total. The minimum atomic E-state index is -2.54. The van der Waals surface area contributed by atoms with Crippen LogP contribution in [0.3, 0.4) is 0 Å². The van der Waals surface area contributed by atoms with Gasteiger partial charge in [-0.25, -0.2) is 4.98 Å². The van der Waals surface area contributed by atoms with E-state index in [1.165, 1.54) is 17.1 Å². The van der Waals surface area contributed by atoms with Gasteiger partial charge in [0, 0.05) is 29.0 Å². The molecule has 1 saturated heterocycles. The summed E-state index contributed by atoms with van der Waals surface area (Å²) in [5, 5.41) is 0. The second kappa shape index (κ2) is 4.04. The number of imidazole rings is 1. The van der Waals surface area contributed by atoms with Crippen LogP contribution in [-0.4, -0.2) is 22.1 Å². The van der Waals surface area contributed by atoms with Gasteiger partial charge in [0.15, 0.2) is 0 Å². The summed E-state index contributed by atoms with van der Waals surface area (Å²) in [4.78, 5) is 15.6. The van der Waals surface area contributed by atoms with Crippen molar-refractivity contribution in [3.63, 3.8) is 0 Å².